The van der Waals surface area contributed by atoms with Crippen molar-refractivity contribution in [2.24, 2.45) is 0 Å². The van der Waals surface area contributed by atoms with Gasteiger partial charge in [0, 0.05) is 18.3 Å². The molecule has 3 rings (SSSR count). The Morgan fingerprint density at radius 3 is 2.32 bits per heavy atom. The molecule has 1 N–H and O–H groups in total. The first-order valence-electron chi connectivity index (χ1n) is 7.07. The minimum atomic E-state index is -4.28. The van der Waals surface area contributed by atoms with Crippen LogP contribution in [-0.2, 0) is 18.3 Å². The molecule has 1 saturated heterocycles. The summed E-state index contributed by atoms with van der Waals surface area (Å²) in [7, 11) is 2.04. The van der Waals surface area contributed by atoms with E-state index in [2.05, 4.69) is 10.2 Å². The average molecular weight is 360 g/mol. The van der Waals surface area contributed by atoms with Crippen LogP contribution in [0.15, 0.2) is 12.1 Å². The molecule has 1 aromatic rings. The van der Waals surface area contributed by atoms with Gasteiger partial charge in [-0.15, -0.1) is 24.8 Å². The third-order valence-corrected chi connectivity index (χ3v) is 4.96. The molecule has 0 radical (unpaired) electrons. The number of likely N-dealkylation sites (N-methyl/N-ethyl adjacent to an activating group) is 1. The SMILES string of the molecule is CC1Cn2c(C(F)(F)F)ccc2C2(CCNCC2)N1C.Cl.Cl. The lowest BCUT2D eigenvalue weighted by molar-refractivity contribution is -0.145. The second kappa shape index (κ2) is 6.59. The van der Waals surface area contributed by atoms with Crippen molar-refractivity contribution in [3.8, 4) is 0 Å². The topological polar surface area (TPSA) is 20.2 Å². The van der Waals surface area contributed by atoms with Crippen LogP contribution in [-0.4, -0.2) is 35.6 Å². The van der Waals surface area contributed by atoms with Gasteiger partial charge in [0.1, 0.15) is 5.69 Å². The third-order valence-electron chi connectivity index (χ3n) is 4.96. The fraction of sp³-hybridized carbons (Fsp3) is 0.714. The molecule has 1 spiro atoms. The zero-order chi connectivity index (χ0) is 14.5. The van der Waals surface area contributed by atoms with E-state index in [1.807, 2.05) is 14.0 Å². The molecular formula is C14H22Cl2F3N3. The van der Waals surface area contributed by atoms with Crippen LogP contribution in [0.2, 0.25) is 0 Å². The first-order chi connectivity index (χ1) is 9.36. The summed E-state index contributed by atoms with van der Waals surface area (Å²) in [4.78, 5) is 2.27. The van der Waals surface area contributed by atoms with E-state index in [4.69, 9.17) is 0 Å². The molecule has 2 aliphatic rings. The number of hydrogen-bond donors (Lipinski definition) is 1. The van der Waals surface area contributed by atoms with E-state index in [1.165, 1.54) is 10.6 Å². The third kappa shape index (κ3) is 2.86. The molecule has 3 heterocycles. The van der Waals surface area contributed by atoms with Crippen molar-refractivity contribution in [1.29, 1.82) is 0 Å². The van der Waals surface area contributed by atoms with Crippen molar-refractivity contribution >= 4 is 24.8 Å². The highest BCUT2D eigenvalue weighted by Crippen LogP contribution is 2.44. The molecule has 1 aromatic heterocycles. The van der Waals surface area contributed by atoms with Gasteiger partial charge in [0.05, 0.1) is 5.54 Å². The zero-order valence-corrected chi connectivity index (χ0v) is 14.2. The Morgan fingerprint density at radius 1 is 1.18 bits per heavy atom. The lowest BCUT2D eigenvalue weighted by atomic mass is 9.81. The number of halogens is 5. The van der Waals surface area contributed by atoms with Crippen molar-refractivity contribution < 1.29 is 13.2 Å². The molecule has 1 unspecified atom stereocenters. The first-order valence-corrected chi connectivity index (χ1v) is 7.07. The Kier molecular flexibility index (Phi) is 5.88. The molecule has 0 saturated carbocycles. The Hall–Kier alpha value is -0.430. The lowest BCUT2D eigenvalue weighted by Crippen LogP contribution is -2.58. The molecule has 1 fully saturated rings. The van der Waals surface area contributed by atoms with E-state index in [9.17, 15) is 13.2 Å². The molecule has 128 valence electrons. The standard InChI is InChI=1S/C14H20F3N3.2ClH/c1-10-9-20-11(3-4-12(20)14(15,16)17)13(19(10)2)5-7-18-8-6-13;;/h3-4,10,18H,5-9H2,1-2H3;2*1H. The molecular weight excluding hydrogens is 338 g/mol. The van der Waals surface area contributed by atoms with E-state index >= 15 is 0 Å². The van der Waals surface area contributed by atoms with E-state index in [1.54, 1.807) is 6.07 Å². The fourth-order valence-corrected chi connectivity index (χ4v) is 3.76. The van der Waals surface area contributed by atoms with Crippen molar-refractivity contribution in [2.45, 2.75) is 44.1 Å². The van der Waals surface area contributed by atoms with Crippen molar-refractivity contribution in [3.63, 3.8) is 0 Å². The van der Waals surface area contributed by atoms with Gasteiger partial charge in [0.25, 0.3) is 0 Å². The van der Waals surface area contributed by atoms with Crippen LogP contribution in [0, 0.1) is 0 Å². The van der Waals surface area contributed by atoms with Gasteiger partial charge in [-0.1, -0.05) is 0 Å². The van der Waals surface area contributed by atoms with Crippen molar-refractivity contribution in [2.75, 3.05) is 20.1 Å². The Bertz CT molecular complexity index is 510. The van der Waals surface area contributed by atoms with Crippen LogP contribution < -0.4 is 5.32 Å². The maximum Gasteiger partial charge on any atom is 0.431 e. The molecule has 1 atom stereocenters. The Morgan fingerprint density at radius 2 is 1.77 bits per heavy atom. The second-order valence-corrected chi connectivity index (χ2v) is 5.95. The smallest absolute Gasteiger partial charge is 0.338 e. The van der Waals surface area contributed by atoms with Gasteiger partial charge >= 0.3 is 6.18 Å². The fourth-order valence-electron chi connectivity index (χ4n) is 3.76. The lowest BCUT2D eigenvalue weighted by Gasteiger charge is -2.51. The normalized spacial score (nSPS) is 24.3. The summed E-state index contributed by atoms with van der Waals surface area (Å²) in [6, 6.07) is 3.02. The predicted octanol–water partition coefficient (Wildman–Crippen LogP) is 3.26. The van der Waals surface area contributed by atoms with Gasteiger partial charge < -0.3 is 9.88 Å². The van der Waals surface area contributed by atoms with Crippen LogP contribution in [0.4, 0.5) is 13.2 Å². The predicted molar refractivity (Wildman–Crippen MR) is 84.9 cm³/mol. The minimum absolute atomic E-state index is 0. The van der Waals surface area contributed by atoms with E-state index in [0.29, 0.717) is 6.54 Å². The van der Waals surface area contributed by atoms with Crippen LogP contribution in [0.5, 0.6) is 0 Å². The quantitative estimate of drug-likeness (QED) is 0.767. The number of rotatable bonds is 0. The summed E-state index contributed by atoms with van der Waals surface area (Å²) in [6.07, 6.45) is -2.56. The maximum absolute atomic E-state index is 13.1. The highest BCUT2D eigenvalue weighted by atomic mass is 35.5. The van der Waals surface area contributed by atoms with E-state index < -0.39 is 11.9 Å². The maximum atomic E-state index is 13.1. The number of hydrogen-bond acceptors (Lipinski definition) is 2. The number of nitrogens with one attached hydrogen (secondary N) is 1. The number of piperidine rings is 1. The first kappa shape index (κ1) is 19.6. The van der Waals surface area contributed by atoms with Crippen LogP contribution >= 0.6 is 24.8 Å². The molecule has 0 aromatic carbocycles. The summed E-state index contributed by atoms with van der Waals surface area (Å²) in [5.41, 5.74) is 0.0594. The number of fused-ring (bicyclic) bond motifs is 2. The van der Waals surface area contributed by atoms with Gasteiger partial charge in [0.2, 0.25) is 0 Å². The van der Waals surface area contributed by atoms with Crippen molar-refractivity contribution in [3.05, 3.63) is 23.5 Å². The molecule has 22 heavy (non-hydrogen) atoms. The van der Waals surface area contributed by atoms with Crippen LogP contribution in [0.25, 0.3) is 0 Å². The van der Waals surface area contributed by atoms with Gasteiger partial charge in [-0.2, -0.15) is 13.2 Å². The Labute approximate surface area is 141 Å². The van der Waals surface area contributed by atoms with Gasteiger partial charge in [-0.25, -0.2) is 0 Å². The van der Waals surface area contributed by atoms with Gasteiger partial charge in [-0.05, 0) is 52.0 Å². The summed E-state index contributed by atoms with van der Waals surface area (Å²) < 4.78 is 40.9. The summed E-state index contributed by atoms with van der Waals surface area (Å²) in [5.74, 6) is 0. The average Bonchev–Trinajstić information content (AvgIpc) is 2.82. The summed E-state index contributed by atoms with van der Waals surface area (Å²) >= 11 is 0. The molecule has 3 nitrogen and oxygen atoms in total. The van der Waals surface area contributed by atoms with E-state index in [-0.39, 0.29) is 36.4 Å². The Balaban J connectivity index is 0.00000121. The van der Waals surface area contributed by atoms with Gasteiger partial charge in [-0.3, -0.25) is 4.90 Å². The largest absolute Gasteiger partial charge is 0.431 e. The summed E-state index contributed by atoms with van der Waals surface area (Å²) in [6.45, 7) is 4.11. The molecule has 8 heteroatoms. The molecule has 0 amide bonds. The molecule has 2 aliphatic heterocycles. The summed E-state index contributed by atoms with van der Waals surface area (Å²) in [5, 5.41) is 3.30. The van der Waals surface area contributed by atoms with E-state index in [0.717, 1.165) is 31.6 Å². The highest BCUT2D eigenvalue weighted by molar-refractivity contribution is 5.85. The van der Waals surface area contributed by atoms with Gasteiger partial charge in [0.15, 0.2) is 0 Å². The van der Waals surface area contributed by atoms with Crippen LogP contribution in [0.1, 0.15) is 31.2 Å². The minimum Gasteiger partial charge on any atom is -0.338 e. The number of alkyl halides is 3. The highest BCUT2D eigenvalue weighted by Gasteiger charge is 2.47. The molecule has 0 aliphatic carbocycles. The number of nitrogens with zero attached hydrogens (tertiary/aromatic N) is 2. The monoisotopic (exact) mass is 359 g/mol. The molecule has 0 bridgehead atoms. The van der Waals surface area contributed by atoms with Crippen LogP contribution in [0.3, 0.4) is 0 Å². The zero-order valence-electron chi connectivity index (χ0n) is 12.6. The van der Waals surface area contributed by atoms with Crippen molar-refractivity contribution in [1.82, 2.24) is 14.8 Å². The second-order valence-electron chi connectivity index (χ2n) is 5.95. The number of aromatic nitrogens is 1.